The molecule has 0 unspecified atom stereocenters. The SMILES string of the molecule is O=C(Cc1ccccc1Br)N[C@@H]1CC[C@H](C(=O)O)C1. The Morgan fingerprint density at radius 1 is 1.32 bits per heavy atom. The maximum Gasteiger partial charge on any atom is 0.306 e. The summed E-state index contributed by atoms with van der Waals surface area (Å²) in [5, 5.41) is 11.8. The van der Waals surface area contributed by atoms with Crippen LogP contribution in [-0.2, 0) is 16.0 Å². The van der Waals surface area contributed by atoms with E-state index in [1.54, 1.807) is 0 Å². The second-order valence-electron chi connectivity index (χ2n) is 4.88. The zero-order chi connectivity index (χ0) is 13.8. The van der Waals surface area contributed by atoms with Gasteiger partial charge in [-0.2, -0.15) is 0 Å². The molecule has 2 atom stereocenters. The Labute approximate surface area is 120 Å². The Kier molecular flexibility index (Phi) is 4.58. The highest BCUT2D eigenvalue weighted by atomic mass is 79.9. The molecule has 0 radical (unpaired) electrons. The van der Waals surface area contributed by atoms with E-state index >= 15 is 0 Å². The highest BCUT2D eigenvalue weighted by Gasteiger charge is 2.30. The minimum absolute atomic E-state index is 0.00362. The van der Waals surface area contributed by atoms with Crippen LogP contribution in [0.1, 0.15) is 24.8 Å². The Hall–Kier alpha value is -1.36. The van der Waals surface area contributed by atoms with Gasteiger partial charge in [-0.15, -0.1) is 0 Å². The van der Waals surface area contributed by atoms with Gasteiger partial charge >= 0.3 is 5.97 Å². The number of amides is 1. The van der Waals surface area contributed by atoms with Gasteiger partial charge in [-0.25, -0.2) is 0 Å². The molecule has 0 aromatic heterocycles. The molecule has 1 saturated carbocycles. The number of hydrogen-bond donors (Lipinski definition) is 2. The predicted molar refractivity (Wildman–Crippen MR) is 74.8 cm³/mol. The van der Waals surface area contributed by atoms with Gasteiger partial charge < -0.3 is 10.4 Å². The third kappa shape index (κ3) is 3.80. The van der Waals surface area contributed by atoms with E-state index in [0.717, 1.165) is 16.5 Å². The number of benzene rings is 1. The van der Waals surface area contributed by atoms with Crippen LogP contribution >= 0.6 is 15.9 Å². The van der Waals surface area contributed by atoms with E-state index in [1.807, 2.05) is 24.3 Å². The molecule has 19 heavy (non-hydrogen) atoms. The van der Waals surface area contributed by atoms with Crippen LogP contribution in [0.4, 0.5) is 0 Å². The number of aliphatic carboxylic acids is 1. The monoisotopic (exact) mass is 325 g/mol. The lowest BCUT2D eigenvalue weighted by molar-refractivity contribution is -0.141. The van der Waals surface area contributed by atoms with Crippen LogP contribution in [0.2, 0.25) is 0 Å². The maximum absolute atomic E-state index is 11.9. The van der Waals surface area contributed by atoms with Gasteiger partial charge in [0.05, 0.1) is 12.3 Å². The highest BCUT2D eigenvalue weighted by Crippen LogP contribution is 2.25. The number of carboxylic acid groups (broad SMARTS) is 1. The molecule has 0 saturated heterocycles. The normalized spacial score (nSPS) is 22.2. The van der Waals surface area contributed by atoms with Gasteiger partial charge in [0.2, 0.25) is 5.91 Å². The fourth-order valence-corrected chi connectivity index (χ4v) is 2.86. The first-order chi connectivity index (χ1) is 9.06. The third-order valence-electron chi connectivity index (χ3n) is 3.46. The highest BCUT2D eigenvalue weighted by molar-refractivity contribution is 9.10. The molecule has 1 aliphatic rings. The summed E-state index contributed by atoms with van der Waals surface area (Å²) in [5.74, 6) is -1.13. The molecule has 1 amide bonds. The quantitative estimate of drug-likeness (QED) is 0.893. The van der Waals surface area contributed by atoms with E-state index in [4.69, 9.17) is 5.11 Å². The smallest absolute Gasteiger partial charge is 0.306 e. The summed E-state index contributed by atoms with van der Waals surface area (Å²) in [6.45, 7) is 0. The number of carboxylic acids is 1. The molecule has 2 rings (SSSR count). The lowest BCUT2D eigenvalue weighted by Crippen LogP contribution is -2.34. The van der Waals surface area contributed by atoms with E-state index in [-0.39, 0.29) is 17.9 Å². The van der Waals surface area contributed by atoms with Gasteiger partial charge in [0.15, 0.2) is 0 Å². The summed E-state index contributed by atoms with van der Waals surface area (Å²) in [7, 11) is 0. The van der Waals surface area contributed by atoms with Crippen LogP contribution in [-0.4, -0.2) is 23.0 Å². The summed E-state index contributed by atoms with van der Waals surface area (Å²) < 4.78 is 0.917. The van der Waals surface area contributed by atoms with Crippen molar-refractivity contribution in [3.05, 3.63) is 34.3 Å². The van der Waals surface area contributed by atoms with E-state index in [0.29, 0.717) is 19.3 Å². The summed E-state index contributed by atoms with van der Waals surface area (Å²) in [6, 6.07) is 7.59. The first-order valence-electron chi connectivity index (χ1n) is 6.32. The second-order valence-corrected chi connectivity index (χ2v) is 5.74. The number of carbonyl (C=O) groups is 2. The van der Waals surface area contributed by atoms with Crippen molar-refractivity contribution in [1.82, 2.24) is 5.32 Å². The van der Waals surface area contributed by atoms with Gasteiger partial charge in [-0.05, 0) is 30.9 Å². The standard InChI is InChI=1S/C14H16BrNO3/c15-12-4-2-1-3-9(12)8-13(17)16-11-6-5-10(7-11)14(18)19/h1-4,10-11H,5-8H2,(H,16,17)(H,18,19)/t10-,11+/m0/s1. The van der Waals surface area contributed by atoms with Gasteiger partial charge in [0.1, 0.15) is 0 Å². The minimum Gasteiger partial charge on any atom is -0.481 e. The van der Waals surface area contributed by atoms with Crippen molar-refractivity contribution >= 4 is 27.8 Å². The molecule has 5 heteroatoms. The van der Waals surface area contributed by atoms with Crippen LogP contribution in [0.5, 0.6) is 0 Å². The maximum atomic E-state index is 11.9. The predicted octanol–water partition coefficient (Wildman–Crippen LogP) is 2.36. The molecule has 1 fully saturated rings. The van der Waals surface area contributed by atoms with Crippen LogP contribution in [0.25, 0.3) is 0 Å². The van der Waals surface area contributed by atoms with Crippen LogP contribution in [0.15, 0.2) is 28.7 Å². The van der Waals surface area contributed by atoms with E-state index in [1.165, 1.54) is 0 Å². The molecular weight excluding hydrogens is 310 g/mol. The van der Waals surface area contributed by atoms with Crippen molar-refractivity contribution < 1.29 is 14.7 Å². The molecule has 0 spiro atoms. The van der Waals surface area contributed by atoms with Gasteiger partial charge in [0, 0.05) is 10.5 Å². The fraction of sp³-hybridized carbons (Fsp3) is 0.429. The molecule has 102 valence electrons. The molecule has 2 N–H and O–H groups in total. The van der Waals surface area contributed by atoms with Crippen molar-refractivity contribution in [2.45, 2.75) is 31.7 Å². The topological polar surface area (TPSA) is 66.4 Å². The van der Waals surface area contributed by atoms with Gasteiger partial charge in [-0.3, -0.25) is 9.59 Å². The molecule has 1 aromatic carbocycles. The van der Waals surface area contributed by atoms with Crippen LogP contribution in [0, 0.1) is 5.92 Å². The molecule has 0 bridgehead atoms. The Morgan fingerprint density at radius 2 is 2.05 bits per heavy atom. The fourth-order valence-electron chi connectivity index (χ4n) is 2.43. The Morgan fingerprint density at radius 3 is 2.68 bits per heavy atom. The molecule has 1 aromatic rings. The lowest BCUT2D eigenvalue weighted by atomic mass is 10.1. The summed E-state index contributed by atoms with van der Waals surface area (Å²) >= 11 is 3.41. The van der Waals surface area contributed by atoms with Gasteiger partial charge in [0.25, 0.3) is 0 Å². The number of nitrogens with one attached hydrogen (secondary N) is 1. The average Bonchev–Trinajstić information content (AvgIpc) is 2.80. The largest absolute Gasteiger partial charge is 0.481 e. The van der Waals surface area contributed by atoms with Crippen molar-refractivity contribution in [1.29, 1.82) is 0 Å². The summed E-state index contributed by atoms with van der Waals surface area (Å²) in [4.78, 5) is 22.8. The minimum atomic E-state index is -0.762. The molecule has 0 heterocycles. The summed E-state index contributed by atoms with van der Waals surface area (Å²) in [5.41, 5.74) is 0.938. The van der Waals surface area contributed by atoms with E-state index in [2.05, 4.69) is 21.2 Å². The molecule has 1 aliphatic carbocycles. The molecular formula is C14H16BrNO3. The van der Waals surface area contributed by atoms with Crippen LogP contribution < -0.4 is 5.32 Å². The zero-order valence-electron chi connectivity index (χ0n) is 10.4. The van der Waals surface area contributed by atoms with Crippen molar-refractivity contribution in [2.75, 3.05) is 0 Å². The molecule has 0 aliphatic heterocycles. The van der Waals surface area contributed by atoms with Crippen molar-refractivity contribution in [3.8, 4) is 0 Å². The Bertz CT molecular complexity index is 489. The second kappa shape index (κ2) is 6.19. The first-order valence-corrected chi connectivity index (χ1v) is 7.11. The number of carbonyl (C=O) groups excluding carboxylic acids is 1. The van der Waals surface area contributed by atoms with Gasteiger partial charge in [-0.1, -0.05) is 34.1 Å². The summed E-state index contributed by atoms with van der Waals surface area (Å²) in [6.07, 6.45) is 2.25. The zero-order valence-corrected chi connectivity index (χ0v) is 12.0. The number of rotatable bonds is 4. The number of hydrogen-bond acceptors (Lipinski definition) is 2. The lowest BCUT2D eigenvalue weighted by Gasteiger charge is -2.13. The van der Waals surface area contributed by atoms with Crippen molar-refractivity contribution in [2.24, 2.45) is 5.92 Å². The first kappa shape index (κ1) is 14.1. The van der Waals surface area contributed by atoms with Crippen LogP contribution in [0.3, 0.4) is 0 Å². The third-order valence-corrected chi connectivity index (χ3v) is 4.23. The van der Waals surface area contributed by atoms with Crippen molar-refractivity contribution in [3.63, 3.8) is 0 Å². The molecule has 4 nitrogen and oxygen atoms in total. The number of halogens is 1. The Balaban J connectivity index is 1.86. The van der Waals surface area contributed by atoms with E-state index < -0.39 is 5.97 Å². The van der Waals surface area contributed by atoms with E-state index in [9.17, 15) is 9.59 Å². The average molecular weight is 326 g/mol.